The number of methoxy groups -OCH3 is 2. The first-order valence-corrected chi connectivity index (χ1v) is 7.39. The fourth-order valence-electron chi connectivity index (χ4n) is 2.22. The molecule has 5 nitrogen and oxygen atoms in total. The van der Waals surface area contributed by atoms with Crippen molar-refractivity contribution in [2.24, 2.45) is 5.92 Å². The molecule has 1 atom stereocenters. The van der Waals surface area contributed by atoms with Crippen LogP contribution in [0.25, 0.3) is 0 Å². The summed E-state index contributed by atoms with van der Waals surface area (Å²) >= 11 is 0. The molecule has 1 unspecified atom stereocenters. The molecule has 0 radical (unpaired) electrons. The summed E-state index contributed by atoms with van der Waals surface area (Å²) in [7, 11) is 3.09. The maximum absolute atomic E-state index is 12.4. The van der Waals surface area contributed by atoms with Crippen LogP contribution in [0, 0.1) is 5.92 Å². The predicted molar refractivity (Wildman–Crippen MR) is 85.9 cm³/mol. The van der Waals surface area contributed by atoms with Gasteiger partial charge in [-0.3, -0.25) is 4.79 Å². The lowest BCUT2D eigenvalue weighted by Gasteiger charge is -2.17. The van der Waals surface area contributed by atoms with Gasteiger partial charge in [0.1, 0.15) is 11.5 Å². The number of hydrogen-bond donors (Lipinski definition) is 2. The Morgan fingerprint density at radius 1 is 1.24 bits per heavy atom. The van der Waals surface area contributed by atoms with Crippen molar-refractivity contribution < 1.29 is 14.3 Å². The first-order valence-electron chi connectivity index (χ1n) is 7.39. The van der Waals surface area contributed by atoms with Gasteiger partial charge in [-0.1, -0.05) is 26.7 Å². The molecule has 0 saturated heterocycles. The molecule has 1 rings (SSSR count). The lowest BCUT2D eigenvalue weighted by molar-refractivity contribution is -0.120. The third-order valence-corrected chi connectivity index (χ3v) is 3.58. The molecule has 0 fully saturated rings. The Morgan fingerprint density at radius 3 is 2.43 bits per heavy atom. The lowest BCUT2D eigenvalue weighted by Crippen LogP contribution is -2.22. The molecule has 0 aliphatic heterocycles. The van der Waals surface area contributed by atoms with Crippen molar-refractivity contribution in [2.75, 3.05) is 25.3 Å². The highest BCUT2D eigenvalue weighted by Gasteiger charge is 2.18. The molecule has 0 heterocycles. The van der Waals surface area contributed by atoms with E-state index in [9.17, 15) is 4.79 Å². The van der Waals surface area contributed by atoms with Gasteiger partial charge in [-0.25, -0.2) is 0 Å². The molecule has 1 aromatic rings. The lowest BCUT2D eigenvalue weighted by atomic mass is 9.98. The fourth-order valence-corrected chi connectivity index (χ4v) is 2.22. The van der Waals surface area contributed by atoms with Crippen LogP contribution in [0.5, 0.6) is 11.5 Å². The number of carbonyl (C=O) groups excluding carboxylic acids is 1. The Balaban J connectivity index is 2.92. The van der Waals surface area contributed by atoms with Crippen LogP contribution in [0.3, 0.4) is 0 Å². The number of benzene rings is 1. The number of amides is 1. The molecule has 0 spiro atoms. The second kappa shape index (κ2) is 8.39. The molecule has 0 bridgehead atoms. The predicted octanol–water partition coefficient (Wildman–Crippen LogP) is 3.44. The molecule has 21 heavy (non-hydrogen) atoms. The highest BCUT2D eigenvalue weighted by Crippen LogP contribution is 2.35. The van der Waals surface area contributed by atoms with Gasteiger partial charge >= 0.3 is 0 Å². The maximum Gasteiger partial charge on any atom is 0.227 e. The second-order valence-electron chi connectivity index (χ2n) is 5.03. The van der Waals surface area contributed by atoms with Crippen LogP contribution in [-0.2, 0) is 4.79 Å². The Kier molecular flexibility index (Phi) is 6.85. The van der Waals surface area contributed by atoms with E-state index in [2.05, 4.69) is 12.2 Å². The van der Waals surface area contributed by atoms with Crippen LogP contribution < -0.4 is 20.5 Å². The quantitative estimate of drug-likeness (QED) is 0.720. The summed E-state index contributed by atoms with van der Waals surface area (Å²) in [5.74, 6) is 1.08. The summed E-state index contributed by atoms with van der Waals surface area (Å²) < 4.78 is 10.5. The maximum atomic E-state index is 12.4. The van der Waals surface area contributed by atoms with Crippen LogP contribution >= 0.6 is 0 Å². The zero-order valence-corrected chi connectivity index (χ0v) is 13.4. The minimum Gasteiger partial charge on any atom is -0.495 e. The Labute approximate surface area is 126 Å². The van der Waals surface area contributed by atoms with Gasteiger partial charge in [0.25, 0.3) is 0 Å². The van der Waals surface area contributed by atoms with E-state index in [1.165, 1.54) is 0 Å². The van der Waals surface area contributed by atoms with Gasteiger partial charge in [-0.15, -0.1) is 0 Å². The van der Waals surface area contributed by atoms with E-state index in [1.54, 1.807) is 26.4 Å². The van der Waals surface area contributed by atoms with E-state index in [1.807, 2.05) is 6.92 Å². The van der Waals surface area contributed by atoms with Crippen LogP contribution in [0.2, 0.25) is 0 Å². The van der Waals surface area contributed by atoms with Gasteiger partial charge in [-0.05, 0) is 12.8 Å². The first kappa shape index (κ1) is 17.1. The molecule has 118 valence electrons. The Hall–Kier alpha value is -1.91. The van der Waals surface area contributed by atoms with Gasteiger partial charge in [-0.2, -0.15) is 0 Å². The summed E-state index contributed by atoms with van der Waals surface area (Å²) in [5, 5.41) is 2.92. The smallest absolute Gasteiger partial charge is 0.227 e. The van der Waals surface area contributed by atoms with E-state index in [4.69, 9.17) is 15.2 Å². The van der Waals surface area contributed by atoms with Gasteiger partial charge in [0.15, 0.2) is 0 Å². The molecular weight excluding hydrogens is 268 g/mol. The van der Waals surface area contributed by atoms with E-state index in [0.717, 1.165) is 25.7 Å². The molecule has 1 amide bonds. The van der Waals surface area contributed by atoms with Crippen LogP contribution in [0.1, 0.15) is 39.5 Å². The number of rotatable bonds is 8. The average molecular weight is 294 g/mol. The number of unbranched alkanes of at least 4 members (excludes halogenated alkanes) is 1. The topological polar surface area (TPSA) is 73.6 Å². The largest absolute Gasteiger partial charge is 0.495 e. The fraction of sp³-hybridized carbons (Fsp3) is 0.562. The van der Waals surface area contributed by atoms with Crippen molar-refractivity contribution in [1.82, 2.24) is 0 Å². The minimum absolute atomic E-state index is 0.0103. The van der Waals surface area contributed by atoms with Crippen LogP contribution in [0.4, 0.5) is 11.4 Å². The van der Waals surface area contributed by atoms with E-state index in [-0.39, 0.29) is 11.8 Å². The van der Waals surface area contributed by atoms with Crippen molar-refractivity contribution in [3.05, 3.63) is 12.1 Å². The van der Waals surface area contributed by atoms with Crippen molar-refractivity contribution >= 4 is 17.3 Å². The Bertz CT molecular complexity index is 475. The standard InChI is InChI=1S/C16H26N2O3/c1-5-7-8-11(6-2)16(19)18-13-10-14(20-3)12(17)9-15(13)21-4/h9-11H,5-8,17H2,1-4H3,(H,18,19). The molecule has 0 aliphatic rings. The molecular formula is C16H26N2O3. The van der Waals surface area contributed by atoms with Crippen LogP contribution in [0.15, 0.2) is 12.1 Å². The van der Waals surface area contributed by atoms with Crippen LogP contribution in [-0.4, -0.2) is 20.1 Å². The summed E-state index contributed by atoms with van der Waals surface area (Å²) in [5.41, 5.74) is 6.90. The molecule has 1 aromatic carbocycles. The number of anilines is 2. The van der Waals surface area contributed by atoms with Crippen molar-refractivity contribution in [3.8, 4) is 11.5 Å². The first-order chi connectivity index (χ1) is 10.1. The molecule has 5 heteroatoms. The number of nitrogen functional groups attached to an aromatic ring is 1. The van der Waals surface area contributed by atoms with Gasteiger partial charge in [0.05, 0.1) is 25.6 Å². The minimum atomic E-state index is 0.0103. The number of nitrogens with one attached hydrogen (secondary N) is 1. The van der Waals surface area contributed by atoms with Gasteiger partial charge in [0.2, 0.25) is 5.91 Å². The molecule has 0 saturated carbocycles. The molecule has 0 aromatic heterocycles. The van der Waals surface area contributed by atoms with Crippen molar-refractivity contribution in [1.29, 1.82) is 0 Å². The summed E-state index contributed by atoms with van der Waals surface area (Å²) in [4.78, 5) is 12.4. The molecule has 3 N–H and O–H groups in total. The number of ether oxygens (including phenoxy) is 2. The van der Waals surface area contributed by atoms with Crippen molar-refractivity contribution in [3.63, 3.8) is 0 Å². The summed E-state index contributed by atoms with van der Waals surface area (Å²) in [6.45, 7) is 4.15. The van der Waals surface area contributed by atoms with Crippen molar-refractivity contribution in [2.45, 2.75) is 39.5 Å². The zero-order valence-electron chi connectivity index (χ0n) is 13.4. The van der Waals surface area contributed by atoms with E-state index >= 15 is 0 Å². The highest BCUT2D eigenvalue weighted by molar-refractivity contribution is 5.94. The van der Waals surface area contributed by atoms with Gasteiger partial charge in [0, 0.05) is 18.1 Å². The summed E-state index contributed by atoms with van der Waals surface area (Å²) in [6.07, 6.45) is 3.85. The van der Waals surface area contributed by atoms with Gasteiger partial charge < -0.3 is 20.5 Å². The zero-order chi connectivity index (χ0) is 15.8. The van der Waals surface area contributed by atoms with E-state index in [0.29, 0.717) is 22.9 Å². The monoisotopic (exact) mass is 294 g/mol. The molecule has 0 aliphatic carbocycles. The second-order valence-corrected chi connectivity index (χ2v) is 5.03. The third-order valence-electron chi connectivity index (χ3n) is 3.58. The number of hydrogen-bond acceptors (Lipinski definition) is 4. The Morgan fingerprint density at radius 2 is 1.90 bits per heavy atom. The highest BCUT2D eigenvalue weighted by atomic mass is 16.5. The van der Waals surface area contributed by atoms with E-state index < -0.39 is 0 Å². The number of carbonyl (C=O) groups is 1. The SMILES string of the molecule is CCCCC(CC)C(=O)Nc1cc(OC)c(N)cc1OC. The number of nitrogens with two attached hydrogens (primary N) is 1. The average Bonchev–Trinajstić information content (AvgIpc) is 2.49. The third kappa shape index (κ3) is 4.55. The normalized spacial score (nSPS) is 11.8. The summed E-state index contributed by atoms with van der Waals surface area (Å²) in [6, 6.07) is 3.35.